The Labute approximate surface area is 53.4 Å². The summed E-state index contributed by atoms with van der Waals surface area (Å²) in [6, 6.07) is 0. The minimum Gasteiger partial charge on any atom is -0.472 e. The van der Waals surface area contributed by atoms with Gasteiger partial charge in [0.05, 0.1) is 25.7 Å². The molecule has 2 nitrogen and oxygen atoms in total. The molecule has 48 valence electrons. The van der Waals surface area contributed by atoms with Gasteiger partial charge in [0, 0.05) is 5.56 Å². The third-order valence-electron chi connectivity index (χ3n) is 1.61. The molecule has 1 aromatic rings. The fraction of sp³-hybridized carbons (Fsp3) is 0.429. The number of rotatable bonds is 0. The molecule has 2 heteroatoms. The fourth-order valence-corrected chi connectivity index (χ4v) is 1.06. The van der Waals surface area contributed by atoms with Crippen LogP contribution < -0.4 is 0 Å². The van der Waals surface area contributed by atoms with Crippen LogP contribution in [0.3, 0.4) is 0 Å². The Balaban J connectivity index is 2.39. The van der Waals surface area contributed by atoms with Gasteiger partial charge in [0.25, 0.3) is 0 Å². The van der Waals surface area contributed by atoms with E-state index in [0.717, 1.165) is 19.6 Å². The van der Waals surface area contributed by atoms with Crippen molar-refractivity contribution in [2.45, 2.75) is 13.0 Å². The van der Waals surface area contributed by atoms with Crippen LogP contribution in [0.15, 0.2) is 16.9 Å². The van der Waals surface area contributed by atoms with Crippen molar-refractivity contribution in [1.82, 2.24) is 0 Å². The summed E-state index contributed by atoms with van der Waals surface area (Å²) >= 11 is 0. The van der Waals surface area contributed by atoms with E-state index in [2.05, 4.69) is 0 Å². The molecule has 0 fully saturated rings. The maximum absolute atomic E-state index is 5.19. The summed E-state index contributed by atoms with van der Waals surface area (Å²) in [5, 5.41) is 0. The summed E-state index contributed by atoms with van der Waals surface area (Å²) in [5.41, 5.74) is 2.52. The Morgan fingerprint density at radius 3 is 3.00 bits per heavy atom. The molecule has 0 unspecified atom stereocenters. The number of furan rings is 1. The highest BCUT2D eigenvalue weighted by atomic mass is 16.5. The molecule has 0 aromatic carbocycles. The highest BCUT2D eigenvalue weighted by Gasteiger charge is 2.09. The van der Waals surface area contributed by atoms with Gasteiger partial charge in [-0.25, -0.2) is 0 Å². The SMILES string of the molecule is c1occ2c1CCOC2. The Kier molecular flexibility index (Phi) is 1.06. The number of hydrogen-bond acceptors (Lipinski definition) is 2. The van der Waals surface area contributed by atoms with Crippen LogP contribution in [0.4, 0.5) is 0 Å². The van der Waals surface area contributed by atoms with Crippen molar-refractivity contribution in [3.8, 4) is 0 Å². The lowest BCUT2D eigenvalue weighted by molar-refractivity contribution is 0.111. The summed E-state index contributed by atoms with van der Waals surface area (Å²) in [7, 11) is 0. The monoisotopic (exact) mass is 124 g/mol. The first-order valence-corrected chi connectivity index (χ1v) is 3.08. The first-order valence-electron chi connectivity index (χ1n) is 3.08. The standard InChI is InChI=1S/C7H8O2/c1-2-8-4-7-5-9-3-6(1)7/h3,5H,1-2,4H2. The van der Waals surface area contributed by atoms with Gasteiger partial charge in [0.2, 0.25) is 0 Å². The molecule has 0 saturated heterocycles. The van der Waals surface area contributed by atoms with Gasteiger partial charge in [0.1, 0.15) is 0 Å². The minimum absolute atomic E-state index is 0.728. The molecule has 1 aliphatic heterocycles. The average molecular weight is 124 g/mol. The van der Waals surface area contributed by atoms with Crippen molar-refractivity contribution < 1.29 is 9.15 Å². The maximum Gasteiger partial charge on any atom is 0.0960 e. The lowest BCUT2D eigenvalue weighted by Crippen LogP contribution is -2.06. The zero-order chi connectivity index (χ0) is 6.10. The van der Waals surface area contributed by atoms with Crippen molar-refractivity contribution >= 4 is 0 Å². The lowest BCUT2D eigenvalue weighted by Gasteiger charge is -2.09. The van der Waals surface area contributed by atoms with Gasteiger partial charge in [0.15, 0.2) is 0 Å². The highest BCUT2D eigenvalue weighted by molar-refractivity contribution is 5.21. The summed E-state index contributed by atoms with van der Waals surface area (Å²) in [6.45, 7) is 1.57. The van der Waals surface area contributed by atoms with Crippen molar-refractivity contribution in [2.75, 3.05) is 6.61 Å². The van der Waals surface area contributed by atoms with E-state index in [1.54, 1.807) is 12.5 Å². The molecule has 0 atom stereocenters. The van der Waals surface area contributed by atoms with Crippen LogP contribution in [0.1, 0.15) is 11.1 Å². The second-order valence-corrected chi connectivity index (χ2v) is 2.22. The van der Waals surface area contributed by atoms with E-state index in [4.69, 9.17) is 9.15 Å². The van der Waals surface area contributed by atoms with Crippen LogP contribution in [0.25, 0.3) is 0 Å². The fourth-order valence-electron chi connectivity index (χ4n) is 1.06. The van der Waals surface area contributed by atoms with Gasteiger partial charge >= 0.3 is 0 Å². The summed E-state index contributed by atoms with van der Waals surface area (Å²) < 4.78 is 10.2. The van der Waals surface area contributed by atoms with Gasteiger partial charge in [-0.2, -0.15) is 0 Å². The Morgan fingerprint density at radius 1 is 1.22 bits per heavy atom. The Bertz CT molecular complexity index is 182. The van der Waals surface area contributed by atoms with Gasteiger partial charge in [-0.05, 0) is 12.0 Å². The summed E-state index contributed by atoms with van der Waals surface area (Å²) in [4.78, 5) is 0. The molecule has 0 amide bonds. The molecule has 2 rings (SSSR count). The third kappa shape index (κ3) is 0.754. The van der Waals surface area contributed by atoms with E-state index in [0.29, 0.717) is 0 Å². The van der Waals surface area contributed by atoms with Gasteiger partial charge < -0.3 is 9.15 Å². The summed E-state index contributed by atoms with van der Waals surface area (Å²) in [6.07, 6.45) is 4.57. The zero-order valence-corrected chi connectivity index (χ0v) is 5.09. The van der Waals surface area contributed by atoms with Crippen LogP contribution in [0.2, 0.25) is 0 Å². The van der Waals surface area contributed by atoms with Crippen LogP contribution in [-0.4, -0.2) is 6.61 Å². The van der Waals surface area contributed by atoms with Gasteiger partial charge in [-0.15, -0.1) is 0 Å². The molecule has 0 saturated carbocycles. The van der Waals surface area contributed by atoms with Gasteiger partial charge in [-0.3, -0.25) is 0 Å². The number of fused-ring (bicyclic) bond motifs is 1. The molecule has 0 spiro atoms. The summed E-state index contributed by atoms with van der Waals surface area (Å²) in [5.74, 6) is 0. The molecule has 0 aliphatic carbocycles. The normalized spacial score (nSPS) is 17.3. The first kappa shape index (κ1) is 5.06. The Hall–Kier alpha value is -0.760. The molecule has 1 aromatic heterocycles. The maximum atomic E-state index is 5.19. The second kappa shape index (κ2) is 1.88. The van der Waals surface area contributed by atoms with E-state index in [9.17, 15) is 0 Å². The van der Waals surface area contributed by atoms with E-state index in [1.807, 2.05) is 0 Å². The van der Waals surface area contributed by atoms with Crippen LogP contribution in [0, 0.1) is 0 Å². The van der Waals surface area contributed by atoms with Crippen molar-refractivity contribution in [3.05, 3.63) is 23.7 Å². The minimum atomic E-state index is 0.728. The van der Waals surface area contributed by atoms with E-state index in [1.165, 1.54) is 11.1 Å². The van der Waals surface area contributed by atoms with Gasteiger partial charge in [-0.1, -0.05) is 0 Å². The molecule has 2 heterocycles. The number of hydrogen-bond donors (Lipinski definition) is 0. The molecular weight excluding hydrogens is 116 g/mol. The molecule has 1 aliphatic rings. The molecular formula is C7H8O2. The molecule has 0 N–H and O–H groups in total. The van der Waals surface area contributed by atoms with E-state index in [-0.39, 0.29) is 0 Å². The van der Waals surface area contributed by atoms with Crippen molar-refractivity contribution in [1.29, 1.82) is 0 Å². The molecule has 0 radical (unpaired) electrons. The topological polar surface area (TPSA) is 22.4 Å². The smallest absolute Gasteiger partial charge is 0.0960 e. The first-order chi connectivity index (χ1) is 4.47. The highest BCUT2D eigenvalue weighted by Crippen LogP contribution is 2.16. The van der Waals surface area contributed by atoms with Crippen molar-refractivity contribution in [3.63, 3.8) is 0 Å². The molecule has 0 bridgehead atoms. The molecule has 9 heavy (non-hydrogen) atoms. The van der Waals surface area contributed by atoms with E-state index >= 15 is 0 Å². The van der Waals surface area contributed by atoms with Crippen LogP contribution in [-0.2, 0) is 17.8 Å². The zero-order valence-electron chi connectivity index (χ0n) is 5.09. The van der Waals surface area contributed by atoms with Crippen LogP contribution in [0.5, 0.6) is 0 Å². The third-order valence-corrected chi connectivity index (χ3v) is 1.61. The quantitative estimate of drug-likeness (QED) is 0.521. The predicted octanol–water partition coefficient (Wildman–Crippen LogP) is 1.35. The van der Waals surface area contributed by atoms with Crippen molar-refractivity contribution in [2.24, 2.45) is 0 Å². The Morgan fingerprint density at radius 2 is 2.11 bits per heavy atom. The largest absolute Gasteiger partial charge is 0.472 e. The number of ether oxygens (including phenoxy) is 1. The lowest BCUT2D eigenvalue weighted by atomic mass is 10.1. The average Bonchev–Trinajstić information content (AvgIpc) is 2.33. The van der Waals surface area contributed by atoms with Crippen LogP contribution >= 0.6 is 0 Å². The second-order valence-electron chi connectivity index (χ2n) is 2.22. The van der Waals surface area contributed by atoms with E-state index < -0.39 is 0 Å². The predicted molar refractivity (Wildman–Crippen MR) is 32.1 cm³/mol.